The maximum absolute atomic E-state index is 5.99. The lowest BCUT2D eigenvalue weighted by Gasteiger charge is -2.05. The third-order valence-electron chi connectivity index (χ3n) is 2.90. The van der Waals surface area contributed by atoms with Crippen LogP contribution in [0.2, 0.25) is 5.02 Å². The highest BCUT2D eigenvalue weighted by molar-refractivity contribution is 6.30. The van der Waals surface area contributed by atoms with Crippen molar-refractivity contribution in [2.24, 2.45) is 5.73 Å². The van der Waals surface area contributed by atoms with Crippen molar-refractivity contribution < 1.29 is 4.74 Å². The Morgan fingerprint density at radius 2 is 2.29 bits per heavy atom. The Morgan fingerprint density at radius 3 is 3.06 bits per heavy atom. The van der Waals surface area contributed by atoms with Crippen LogP contribution in [0.1, 0.15) is 17.0 Å². The van der Waals surface area contributed by atoms with Gasteiger partial charge in [-0.2, -0.15) is 5.10 Å². The van der Waals surface area contributed by atoms with Crippen LogP contribution in [0.15, 0.2) is 24.3 Å². The number of halogens is 1. The summed E-state index contributed by atoms with van der Waals surface area (Å²) >= 11 is 5.99. The molecule has 0 spiro atoms. The van der Waals surface area contributed by atoms with Crippen LogP contribution in [-0.4, -0.2) is 9.78 Å². The van der Waals surface area contributed by atoms with Gasteiger partial charge in [0.25, 0.3) is 0 Å². The Hall–Kier alpha value is -1.36. The number of rotatable bonds is 2. The molecule has 0 saturated carbocycles. The summed E-state index contributed by atoms with van der Waals surface area (Å²) in [5.74, 6) is 0. The average Bonchev–Trinajstić information content (AvgIpc) is 2.89. The van der Waals surface area contributed by atoms with Gasteiger partial charge in [0.05, 0.1) is 30.3 Å². The first-order valence-electron chi connectivity index (χ1n) is 5.43. The lowest BCUT2D eigenvalue weighted by molar-refractivity contribution is 0.130. The molecule has 0 radical (unpaired) electrons. The summed E-state index contributed by atoms with van der Waals surface area (Å²) in [6, 6.07) is 7.60. The molecule has 0 bridgehead atoms. The van der Waals surface area contributed by atoms with Gasteiger partial charge in [-0.25, -0.2) is 4.68 Å². The maximum Gasteiger partial charge on any atom is 0.0897 e. The van der Waals surface area contributed by atoms with E-state index in [9.17, 15) is 0 Å². The van der Waals surface area contributed by atoms with Crippen molar-refractivity contribution in [2.75, 3.05) is 0 Å². The number of hydrogen-bond donors (Lipinski definition) is 1. The molecule has 2 aromatic rings. The summed E-state index contributed by atoms with van der Waals surface area (Å²) < 4.78 is 7.31. The molecule has 0 aliphatic carbocycles. The van der Waals surface area contributed by atoms with Gasteiger partial charge in [-0.1, -0.05) is 17.7 Å². The quantitative estimate of drug-likeness (QED) is 0.886. The molecular weight excluding hydrogens is 238 g/mol. The smallest absolute Gasteiger partial charge is 0.0897 e. The van der Waals surface area contributed by atoms with E-state index < -0.39 is 0 Å². The molecule has 2 N–H and O–H groups in total. The van der Waals surface area contributed by atoms with Crippen molar-refractivity contribution >= 4 is 11.6 Å². The van der Waals surface area contributed by atoms with Crippen molar-refractivity contribution in [1.82, 2.24) is 9.78 Å². The van der Waals surface area contributed by atoms with Gasteiger partial charge in [0, 0.05) is 17.1 Å². The zero-order valence-corrected chi connectivity index (χ0v) is 9.94. The molecule has 1 aliphatic heterocycles. The predicted octanol–water partition coefficient (Wildman–Crippen LogP) is 2.01. The minimum absolute atomic E-state index is 0.430. The van der Waals surface area contributed by atoms with Crippen LogP contribution in [0, 0.1) is 0 Å². The normalized spacial score (nSPS) is 14.0. The zero-order valence-electron chi connectivity index (χ0n) is 9.19. The fourth-order valence-electron chi connectivity index (χ4n) is 2.09. The highest BCUT2D eigenvalue weighted by Crippen LogP contribution is 2.26. The first-order valence-corrected chi connectivity index (χ1v) is 5.81. The summed E-state index contributed by atoms with van der Waals surface area (Å²) in [6.45, 7) is 1.61. The topological polar surface area (TPSA) is 53.1 Å². The maximum atomic E-state index is 5.99. The molecule has 1 aromatic heterocycles. The Kier molecular flexibility index (Phi) is 2.63. The van der Waals surface area contributed by atoms with E-state index in [1.165, 1.54) is 0 Å². The second-order valence-corrected chi connectivity index (χ2v) is 4.40. The van der Waals surface area contributed by atoms with Gasteiger partial charge in [0.15, 0.2) is 0 Å². The molecule has 1 aromatic carbocycles. The molecule has 4 nitrogen and oxygen atoms in total. The number of nitrogens with zero attached hydrogens (tertiary/aromatic N) is 2. The average molecular weight is 250 g/mol. The van der Waals surface area contributed by atoms with Gasteiger partial charge < -0.3 is 10.5 Å². The first-order chi connectivity index (χ1) is 8.29. The number of fused-ring (bicyclic) bond motifs is 1. The van der Waals surface area contributed by atoms with Crippen LogP contribution in [0.25, 0.3) is 5.69 Å². The number of hydrogen-bond acceptors (Lipinski definition) is 3. The van der Waals surface area contributed by atoms with E-state index >= 15 is 0 Å². The van der Waals surface area contributed by atoms with Crippen LogP contribution in [0.4, 0.5) is 0 Å². The van der Waals surface area contributed by atoms with Crippen molar-refractivity contribution in [3.63, 3.8) is 0 Å². The van der Waals surface area contributed by atoms with Crippen molar-refractivity contribution in [2.45, 2.75) is 19.8 Å². The summed E-state index contributed by atoms with van der Waals surface area (Å²) in [5.41, 5.74) is 9.73. The summed E-state index contributed by atoms with van der Waals surface area (Å²) in [6.07, 6.45) is 0. The molecule has 5 heteroatoms. The lowest BCUT2D eigenvalue weighted by Crippen LogP contribution is -2.04. The monoisotopic (exact) mass is 249 g/mol. The molecule has 0 unspecified atom stereocenters. The van der Waals surface area contributed by atoms with Gasteiger partial charge >= 0.3 is 0 Å². The molecule has 0 amide bonds. The van der Waals surface area contributed by atoms with Gasteiger partial charge in [-0.05, 0) is 18.2 Å². The lowest BCUT2D eigenvalue weighted by atomic mass is 10.2. The van der Waals surface area contributed by atoms with Crippen LogP contribution >= 0.6 is 11.6 Å². The summed E-state index contributed by atoms with van der Waals surface area (Å²) in [7, 11) is 0. The zero-order chi connectivity index (χ0) is 11.8. The van der Waals surface area contributed by atoms with Crippen LogP contribution < -0.4 is 5.73 Å². The van der Waals surface area contributed by atoms with Crippen LogP contribution in [0.5, 0.6) is 0 Å². The minimum atomic E-state index is 0.430. The third kappa shape index (κ3) is 1.74. The molecule has 1 aliphatic rings. The van der Waals surface area contributed by atoms with Crippen LogP contribution in [-0.2, 0) is 24.5 Å². The highest BCUT2D eigenvalue weighted by atomic mass is 35.5. The first kappa shape index (κ1) is 10.8. The minimum Gasteiger partial charge on any atom is -0.370 e. The molecule has 0 fully saturated rings. The molecule has 2 heterocycles. The third-order valence-corrected chi connectivity index (χ3v) is 3.14. The second kappa shape index (κ2) is 4.14. The molecule has 17 heavy (non-hydrogen) atoms. The summed E-state index contributed by atoms with van der Waals surface area (Å²) in [5, 5.41) is 5.21. The van der Waals surface area contributed by atoms with Gasteiger partial charge in [-0.15, -0.1) is 0 Å². The molecular formula is C12H12ClN3O. The molecule has 88 valence electrons. The van der Waals surface area contributed by atoms with E-state index in [0.29, 0.717) is 24.8 Å². The fourth-order valence-corrected chi connectivity index (χ4v) is 2.27. The molecule has 3 rings (SSSR count). The number of aromatic nitrogens is 2. The van der Waals surface area contributed by atoms with E-state index in [1.54, 1.807) is 0 Å². The fraction of sp³-hybridized carbons (Fsp3) is 0.250. The van der Waals surface area contributed by atoms with E-state index in [4.69, 9.17) is 22.1 Å². The highest BCUT2D eigenvalue weighted by Gasteiger charge is 2.22. The second-order valence-electron chi connectivity index (χ2n) is 3.96. The van der Waals surface area contributed by atoms with E-state index in [1.807, 2.05) is 28.9 Å². The van der Waals surface area contributed by atoms with Gasteiger partial charge in [-0.3, -0.25) is 0 Å². The SMILES string of the molecule is NCc1nn(-c2cccc(Cl)c2)c2c1COC2. The number of ether oxygens (including phenoxy) is 1. The Bertz CT molecular complexity index is 565. The molecule has 0 saturated heterocycles. The predicted molar refractivity (Wildman–Crippen MR) is 65.0 cm³/mol. The van der Waals surface area contributed by atoms with Gasteiger partial charge in [0.1, 0.15) is 0 Å². The standard InChI is InChI=1S/C12H12ClN3O/c13-8-2-1-3-9(4-8)16-12-7-17-6-10(12)11(5-14)15-16/h1-4H,5-7,14H2. The van der Waals surface area contributed by atoms with Crippen molar-refractivity contribution in [1.29, 1.82) is 0 Å². The van der Waals surface area contributed by atoms with Crippen molar-refractivity contribution in [3.05, 3.63) is 46.2 Å². The summed E-state index contributed by atoms with van der Waals surface area (Å²) in [4.78, 5) is 0. The van der Waals surface area contributed by atoms with Gasteiger partial charge in [0.2, 0.25) is 0 Å². The van der Waals surface area contributed by atoms with E-state index in [0.717, 1.165) is 22.6 Å². The largest absolute Gasteiger partial charge is 0.370 e. The van der Waals surface area contributed by atoms with E-state index in [-0.39, 0.29) is 0 Å². The number of nitrogens with two attached hydrogens (primary N) is 1. The Labute approximate surface area is 104 Å². The number of benzene rings is 1. The Balaban J connectivity index is 2.15. The van der Waals surface area contributed by atoms with Crippen LogP contribution in [0.3, 0.4) is 0 Å². The van der Waals surface area contributed by atoms with Crippen molar-refractivity contribution in [3.8, 4) is 5.69 Å². The van der Waals surface area contributed by atoms with E-state index in [2.05, 4.69) is 5.10 Å². The Morgan fingerprint density at radius 1 is 1.41 bits per heavy atom. The molecule has 0 atom stereocenters.